The van der Waals surface area contributed by atoms with Gasteiger partial charge in [0.25, 0.3) is 0 Å². The Bertz CT molecular complexity index is 374. The van der Waals surface area contributed by atoms with Crippen molar-refractivity contribution in [2.24, 2.45) is 11.7 Å². The van der Waals surface area contributed by atoms with Gasteiger partial charge in [-0.2, -0.15) is 0 Å². The molecule has 0 radical (unpaired) electrons. The monoisotopic (exact) mass is 208 g/mol. The van der Waals surface area contributed by atoms with Gasteiger partial charge < -0.3 is 5.73 Å². The topological polar surface area (TPSA) is 49.9 Å². The first-order valence-corrected chi connectivity index (χ1v) is 5.16. The van der Waals surface area contributed by atoms with Gasteiger partial charge in [-0.1, -0.05) is 23.7 Å². The highest BCUT2D eigenvalue weighted by Crippen LogP contribution is 2.30. The third-order valence-electron chi connectivity index (χ3n) is 2.86. The molecule has 1 atom stereocenters. The molecule has 74 valence electrons. The Balaban J connectivity index is 2.31. The summed E-state index contributed by atoms with van der Waals surface area (Å²) in [5.41, 5.74) is 8.01. The van der Waals surface area contributed by atoms with Gasteiger partial charge in [0.2, 0.25) is 0 Å². The summed E-state index contributed by atoms with van der Waals surface area (Å²) in [7, 11) is 0. The van der Waals surface area contributed by atoms with Gasteiger partial charge in [0.15, 0.2) is 0 Å². The Morgan fingerprint density at radius 2 is 2.29 bits per heavy atom. The largest absolute Gasteiger partial charge is 0.387 e. The highest BCUT2D eigenvalue weighted by atomic mass is 35.5. The van der Waals surface area contributed by atoms with Crippen molar-refractivity contribution in [3.63, 3.8) is 0 Å². The standard InChI is InChI=1S/C11H13ClN2/c12-10-3-1-2-7-6-8(11(13)14)4-5-9(7)10/h1-3,8H,4-6H2,(H3,13,14). The maximum absolute atomic E-state index is 7.43. The SMILES string of the molecule is N=C(N)C1CCc2c(Cl)cccc2C1. The fourth-order valence-corrected chi connectivity index (χ4v) is 2.31. The molecule has 1 aliphatic carbocycles. The summed E-state index contributed by atoms with van der Waals surface area (Å²) < 4.78 is 0. The minimum Gasteiger partial charge on any atom is -0.387 e. The fraction of sp³-hybridized carbons (Fsp3) is 0.364. The molecule has 0 aromatic heterocycles. The minimum absolute atomic E-state index is 0.209. The lowest BCUT2D eigenvalue weighted by Gasteiger charge is -2.24. The van der Waals surface area contributed by atoms with Crippen LogP contribution in [0.4, 0.5) is 0 Å². The quantitative estimate of drug-likeness (QED) is 0.540. The van der Waals surface area contributed by atoms with Crippen LogP contribution in [0.25, 0.3) is 0 Å². The van der Waals surface area contributed by atoms with E-state index in [0.717, 1.165) is 24.3 Å². The summed E-state index contributed by atoms with van der Waals surface area (Å²) in [4.78, 5) is 0. The molecule has 1 aromatic carbocycles. The average molecular weight is 209 g/mol. The van der Waals surface area contributed by atoms with E-state index >= 15 is 0 Å². The molecule has 0 spiro atoms. The number of hydrogen-bond acceptors (Lipinski definition) is 1. The number of nitrogens with one attached hydrogen (secondary N) is 1. The van der Waals surface area contributed by atoms with Crippen molar-refractivity contribution in [2.75, 3.05) is 0 Å². The zero-order valence-electron chi connectivity index (χ0n) is 7.89. The Hall–Kier alpha value is -1.02. The molecule has 0 bridgehead atoms. The average Bonchev–Trinajstić information content (AvgIpc) is 2.17. The van der Waals surface area contributed by atoms with E-state index in [2.05, 4.69) is 6.07 Å². The van der Waals surface area contributed by atoms with Crippen molar-refractivity contribution in [3.05, 3.63) is 34.3 Å². The maximum Gasteiger partial charge on any atom is 0.0940 e. The van der Waals surface area contributed by atoms with Crippen molar-refractivity contribution in [1.82, 2.24) is 0 Å². The van der Waals surface area contributed by atoms with Crippen molar-refractivity contribution in [3.8, 4) is 0 Å². The third-order valence-corrected chi connectivity index (χ3v) is 3.22. The van der Waals surface area contributed by atoms with E-state index < -0.39 is 0 Å². The van der Waals surface area contributed by atoms with Gasteiger partial charge in [-0.15, -0.1) is 0 Å². The first-order valence-electron chi connectivity index (χ1n) is 4.78. The normalized spacial score (nSPS) is 20.2. The number of halogens is 1. The molecule has 1 unspecified atom stereocenters. The summed E-state index contributed by atoms with van der Waals surface area (Å²) in [6.45, 7) is 0. The van der Waals surface area contributed by atoms with Gasteiger partial charge in [0.1, 0.15) is 0 Å². The number of benzene rings is 1. The molecule has 0 saturated carbocycles. The lowest BCUT2D eigenvalue weighted by atomic mass is 9.83. The Morgan fingerprint density at radius 3 is 3.00 bits per heavy atom. The molecule has 0 aliphatic heterocycles. The van der Waals surface area contributed by atoms with E-state index in [0.29, 0.717) is 5.84 Å². The molecule has 2 nitrogen and oxygen atoms in total. The van der Waals surface area contributed by atoms with Crippen LogP contribution < -0.4 is 5.73 Å². The molecule has 0 saturated heterocycles. The van der Waals surface area contributed by atoms with Crippen LogP contribution in [0.3, 0.4) is 0 Å². The molecule has 0 fully saturated rings. The van der Waals surface area contributed by atoms with Crippen LogP contribution in [-0.2, 0) is 12.8 Å². The van der Waals surface area contributed by atoms with Gasteiger partial charge in [-0.3, -0.25) is 5.41 Å². The van der Waals surface area contributed by atoms with E-state index in [1.165, 1.54) is 11.1 Å². The van der Waals surface area contributed by atoms with Crippen LogP contribution in [0.15, 0.2) is 18.2 Å². The van der Waals surface area contributed by atoms with Gasteiger partial charge in [0.05, 0.1) is 5.84 Å². The molecule has 3 N–H and O–H groups in total. The van der Waals surface area contributed by atoms with Gasteiger partial charge in [-0.05, 0) is 36.5 Å². The maximum atomic E-state index is 7.43. The van der Waals surface area contributed by atoms with E-state index in [9.17, 15) is 0 Å². The summed E-state index contributed by atoms with van der Waals surface area (Å²) in [5, 5.41) is 8.28. The second kappa shape index (κ2) is 3.62. The van der Waals surface area contributed by atoms with Crippen molar-refractivity contribution < 1.29 is 0 Å². The van der Waals surface area contributed by atoms with Crippen molar-refractivity contribution in [1.29, 1.82) is 5.41 Å². The van der Waals surface area contributed by atoms with Crippen molar-refractivity contribution in [2.45, 2.75) is 19.3 Å². The second-order valence-electron chi connectivity index (χ2n) is 3.77. The zero-order valence-corrected chi connectivity index (χ0v) is 8.64. The fourth-order valence-electron chi connectivity index (χ4n) is 2.03. The van der Waals surface area contributed by atoms with E-state index in [1.54, 1.807) is 0 Å². The van der Waals surface area contributed by atoms with Crippen LogP contribution in [0.1, 0.15) is 17.5 Å². The Morgan fingerprint density at radius 1 is 1.50 bits per heavy atom. The molecular weight excluding hydrogens is 196 g/mol. The first kappa shape index (κ1) is 9.53. The van der Waals surface area contributed by atoms with Gasteiger partial charge in [-0.25, -0.2) is 0 Å². The zero-order chi connectivity index (χ0) is 10.1. The first-order chi connectivity index (χ1) is 6.68. The molecule has 0 amide bonds. The van der Waals surface area contributed by atoms with Crippen LogP contribution >= 0.6 is 11.6 Å². The molecule has 3 heteroatoms. The third kappa shape index (κ3) is 1.62. The predicted molar refractivity (Wildman–Crippen MR) is 58.9 cm³/mol. The lowest BCUT2D eigenvalue weighted by molar-refractivity contribution is 0.577. The number of amidine groups is 1. The number of nitrogens with two attached hydrogens (primary N) is 1. The van der Waals surface area contributed by atoms with Crippen molar-refractivity contribution >= 4 is 17.4 Å². The molecule has 2 rings (SSSR count). The summed E-state index contributed by atoms with van der Waals surface area (Å²) in [5.74, 6) is 0.511. The minimum atomic E-state index is 0.209. The smallest absolute Gasteiger partial charge is 0.0940 e. The summed E-state index contributed by atoms with van der Waals surface area (Å²) in [6.07, 6.45) is 2.76. The molecule has 0 heterocycles. The molecular formula is C11H13ClN2. The van der Waals surface area contributed by atoms with Gasteiger partial charge >= 0.3 is 0 Å². The second-order valence-corrected chi connectivity index (χ2v) is 4.18. The number of rotatable bonds is 1. The summed E-state index contributed by atoms with van der Waals surface area (Å²) >= 11 is 6.08. The Labute approximate surface area is 88.6 Å². The van der Waals surface area contributed by atoms with E-state index in [1.807, 2.05) is 12.1 Å². The highest BCUT2D eigenvalue weighted by molar-refractivity contribution is 6.31. The van der Waals surface area contributed by atoms with Crippen LogP contribution in [0.2, 0.25) is 5.02 Å². The predicted octanol–water partition coefficient (Wildman–Crippen LogP) is 2.38. The molecule has 1 aromatic rings. The summed E-state index contributed by atoms with van der Waals surface area (Å²) in [6, 6.07) is 5.97. The van der Waals surface area contributed by atoms with Crippen LogP contribution in [0.5, 0.6) is 0 Å². The van der Waals surface area contributed by atoms with E-state index in [4.69, 9.17) is 22.7 Å². The van der Waals surface area contributed by atoms with Gasteiger partial charge in [0, 0.05) is 10.9 Å². The molecule has 14 heavy (non-hydrogen) atoms. The van der Waals surface area contributed by atoms with Crippen LogP contribution in [-0.4, -0.2) is 5.84 Å². The number of fused-ring (bicyclic) bond motifs is 1. The lowest BCUT2D eigenvalue weighted by Crippen LogP contribution is -2.28. The van der Waals surface area contributed by atoms with Crippen LogP contribution in [0, 0.1) is 11.3 Å². The molecule has 1 aliphatic rings. The Kier molecular flexibility index (Phi) is 2.46. The number of hydrogen-bond donors (Lipinski definition) is 2. The van der Waals surface area contributed by atoms with E-state index in [-0.39, 0.29) is 5.92 Å². The highest BCUT2D eigenvalue weighted by Gasteiger charge is 2.21.